The van der Waals surface area contributed by atoms with Crippen LogP contribution in [0.5, 0.6) is 0 Å². The van der Waals surface area contributed by atoms with E-state index in [0.717, 1.165) is 0 Å². The van der Waals surface area contributed by atoms with Gasteiger partial charge in [0.2, 0.25) is 0 Å². The molecule has 1 saturated carbocycles. The first-order chi connectivity index (χ1) is 9.22. The molecular weight excluding hydrogens is 232 g/mol. The van der Waals surface area contributed by atoms with Gasteiger partial charge in [0.1, 0.15) is 0 Å². The Bertz CT molecular complexity index is 411. The molecule has 0 spiro atoms. The van der Waals surface area contributed by atoms with Gasteiger partial charge >= 0.3 is 0 Å². The van der Waals surface area contributed by atoms with E-state index in [0.29, 0.717) is 0 Å². The lowest BCUT2D eigenvalue weighted by atomic mass is 9.82. The molecule has 2 N–H and O–H groups in total. The Morgan fingerprint density at radius 2 is 1.58 bits per heavy atom. The first-order valence-electron chi connectivity index (χ1n) is 7.80. The number of hydrogen-bond donors (Lipinski definition) is 1. The maximum atomic E-state index is 6.72. The molecule has 1 saturated heterocycles. The van der Waals surface area contributed by atoms with Gasteiger partial charge in [0.25, 0.3) is 0 Å². The van der Waals surface area contributed by atoms with Crippen molar-refractivity contribution in [1.82, 2.24) is 4.90 Å². The highest BCUT2D eigenvalue weighted by Gasteiger charge is 2.45. The smallest absolute Gasteiger partial charge is 0.0482 e. The zero-order valence-electron chi connectivity index (χ0n) is 12.1. The van der Waals surface area contributed by atoms with Crippen molar-refractivity contribution in [2.24, 2.45) is 5.73 Å². The van der Waals surface area contributed by atoms with Crippen molar-refractivity contribution >= 4 is 0 Å². The minimum atomic E-state index is 0.175. The maximum absolute atomic E-state index is 6.72. The molecule has 2 fully saturated rings. The van der Waals surface area contributed by atoms with Gasteiger partial charge in [0, 0.05) is 11.6 Å². The molecule has 0 radical (unpaired) electrons. The molecule has 0 aromatic heterocycles. The lowest BCUT2D eigenvalue weighted by Crippen LogP contribution is -2.52. The monoisotopic (exact) mass is 258 g/mol. The van der Waals surface area contributed by atoms with Gasteiger partial charge in [-0.2, -0.15) is 0 Å². The third-order valence-corrected chi connectivity index (χ3v) is 5.22. The summed E-state index contributed by atoms with van der Waals surface area (Å²) in [7, 11) is 0. The van der Waals surface area contributed by atoms with Crippen molar-refractivity contribution in [2.45, 2.75) is 57.0 Å². The van der Waals surface area contributed by atoms with Crippen molar-refractivity contribution in [3.05, 3.63) is 35.4 Å². The van der Waals surface area contributed by atoms with E-state index in [4.69, 9.17) is 5.73 Å². The van der Waals surface area contributed by atoms with Gasteiger partial charge in [-0.15, -0.1) is 0 Å². The normalized spacial score (nSPS) is 24.7. The standard InChI is InChI=1S/C17H26N2/c1-14-6-8-15(9-7-14)16(18)17(10-2-3-11-17)19-12-4-5-13-19/h6-9,16H,2-5,10-13,18H2,1H3. The third-order valence-electron chi connectivity index (χ3n) is 5.22. The Morgan fingerprint density at radius 3 is 2.16 bits per heavy atom. The number of rotatable bonds is 3. The van der Waals surface area contributed by atoms with E-state index in [2.05, 4.69) is 36.1 Å². The summed E-state index contributed by atoms with van der Waals surface area (Å²) in [5, 5.41) is 0. The molecule has 1 aliphatic carbocycles. The van der Waals surface area contributed by atoms with Crippen LogP contribution in [-0.2, 0) is 0 Å². The Balaban J connectivity index is 1.88. The van der Waals surface area contributed by atoms with Crippen molar-refractivity contribution in [3.63, 3.8) is 0 Å². The fourth-order valence-electron chi connectivity index (χ4n) is 4.06. The van der Waals surface area contributed by atoms with E-state index >= 15 is 0 Å². The summed E-state index contributed by atoms with van der Waals surface area (Å²) < 4.78 is 0. The second kappa shape index (κ2) is 5.26. The summed E-state index contributed by atoms with van der Waals surface area (Å²) in [5.41, 5.74) is 9.60. The number of aryl methyl sites for hydroxylation is 1. The van der Waals surface area contributed by atoms with Gasteiger partial charge in [-0.05, 0) is 51.3 Å². The number of hydrogen-bond acceptors (Lipinski definition) is 2. The molecule has 0 bridgehead atoms. The Hall–Kier alpha value is -0.860. The van der Waals surface area contributed by atoms with Crippen molar-refractivity contribution in [3.8, 4) is 0 Å². The number of likely N-dealkylation sites (tertiary alicyclic amines) is 1. The molecule has 104 valence electrons. The second-order valence-electron chi connectivity index (χ2n) is 6.39. The lowest BCUT2D eigenvalue weighted by Gasteiger charge is -2.43. The van der Waals surface area contributed by atoms with Crippen molar-refractivity contribution in [2.75, 3.05) is 13.1 Å². The van der Waals surface area contributed by atoms with Crippen LogP contribution in [0.1, 0.15) is 55.7 Å². The molecule has 1 aliphatic heterocycles. The molecule has 1 aromatic carbocycles. The number of nitrogens with two attached hydrogens (primary N) is 1. The fourth-order valence-corrected chi connectivity index (χ4v) is 4.06. The topological polar surface area (TPSA) is 29.3 Å². The maximum Gasteiger partial charge on any atom is 0.0482 e. The van der Waals surface area contributed by atoms with E-state index in [-0.39, 0.29) is 11.6 Å². The first kappa shape index (κ1) is 13.1. The van der Waals surface area contributed by atoms with E-state index in [1.807, 2.05) is 0 Å². The van der Waals surface area contributed by atoms with Crippen LogP contribution in [0.25, 0.3) is 0 Å². The van der Waals surface area contributed by atoms with Crippen LogP contribution >= 0.6 is 0 Å². The summed E-state index contributed by atoms with van der Waals surface area (Å²) in [6, 6.07) is 9.03. The molecule has 2 nitrogen and oxygen atoms in total. The zero-order valence-corrected chi connectivity index (χ0v) is 12.1. The van der Waals surface area contributed by atoms with Crippen LogP contribution in [0.15, 0.2) is 24.3 Å². The minimum absolute atomic E-state index is 0.175. The fraction of sp³-hybridized carbons (Fsp3) is 0.647. The summed E-state index contributed by atoms with van der Waals surface area (Å²) in [6.45, 7) is 4.64. The minimum Gasteiger partial charge on any atom is -0.322 e. The second-order valence-corrected chi connectivity index (χ2v) is 6.39. The van der Waals surface area contributed by atoms with Gasteiger partial charge in [0.15, 0.2) is 0 Å². The molecule has 2 heteroatoms. The Labute approximate surface area is 117 Å². The molecule has 0 amide bonds. The van der Waals surface area contributed by atoms with Crippen LogP contribution in [0.4, 0.5) is 0 Å². The molecule has 1 aromatic rings. The number of nitrogens with zero attached hydrogens (tertiary/aromatic N) is 1. The van der Waals surface area contributed by atoms with Gasteiger partial charge in [-0.1, -0.05) is 42.7 Å². The third kappa shape index (κ3) is 2.32. The van der Waals surface area contributed by atoms with Crippen LogP contribution in [0.3, 0.4) is 0 Å². The molecule has 1 heterocycles. The van der Waals surface area contributed by atoms with Crippen molar-refractivity contribution < 1.29 is 0 Å². The van der Waals surface area contributed by atoms with E-state index in [9.17, 15) is 0 Å². The van der Waals surface area contributed by atoms with Crippen LogP contribution < -0.4 is 5.73 Å². The average Bonchev–Trinajstić information content (AvgIpc) is 3.10. The molecule has 2 aliphatic rings. The summed E-state index contributed by atoms with van der Waals surface area (Å²) in [5.74, 6) is 0. The van der Waals surface area contributed by atoms with Crippen LogP contribution in [0.2, 0.25) is 0 Å². The SMILES string of the molecule is Cc1ccc(C(N)C2(N3CCCC3)CCCC2)cc1. The highest BCUT2D eigenvalue weighted by atomic mass is 15.2. The summed E-state index contributed by atoms with van der Waals surface area (Å²) >= 11 is 0. The zero-order chi connectivity index (χ0) is 13.3. The highest BCUT2D eigenvalue weighted by Crippen LogP contribution is 2.44. The quantitative estimate of drug-likeness (QED) is 0.900. The van der Waals surface area contributed by atoms with Gasteiger partial charge < -0.3 is 5.73 Å². The van der Waals surface area contributed by atoms with Gasteiger partial charge in [0.05, 0.1) is 0 Å². The van der Waals surface area contributed by atoms with Gasteiger partial charge in [-0.25, -0.2) is 0 Å². The molecular formula is C17H26N2. The summed E-state index contributed by atoms with van der Waals surface area (Å²) in [6.07, 6.45) is 7.95. The van der Waals surface area contributed by atoms with Crippen LogP contribution in [-0.4, -0.2) is 23.5 Å². The van der Waals surface area contributed by atoms with Crippen LogP contribution in [0, 0.1) is 6.92 Å². The molecule has 1 atom stereocenters. The first-order valence-corrected chi connectivity index (χ1v) is 7.80. The molecule has 19 heavy (non-hydrogen) atoms. The Morgan fingerprint density at radius 1 is 1.00 bits per heavy atom. The number of benzene rings is 1. The lowest BCUT2D eigenvalue weighted by molar-refractivity contribution is 0.0922. The largest absolute Gasteiger partial charge is 0.322 e. The predicted molar refractivity (Wildman–Crippen MR) is 80.1 cm³/mol. The van der Waals surface area contributed by atoms with Gasteiger partial charge in [-0.3, -0.25) is 4.90 Å². The van der Waals surface area contributed by atoms with E-state index < -0.39 is 0 Å². The Kier molecular flexibility index (Phi) is 3.64. The molecule has 1 unspecified atom stereocenters. The predicted octanol–water partition coefficient (Wildman–Crippen LogP) is 3.40. The van der Waals surface area contributed by atoms with E-state index in [1.54, 1.807) is 0 Å². The van der Waals surface area contributed by atoms with E-state index in [1.165, 1.54) is 62.7 Å². The van der Waals surface area contributed by atoms with Crippen molar-refractivity contribution in [1.29, 1.82) is 0 Å². The summed E-state index contributed by atoms with van der Waals surface area (Å²) in [4.78, 5) is 2.70. The molecule has 3 rings (SSSR count). The highest BCUT2D eigenvalue weighted by molar-refractivity contribution is 5.27. The average molecular weight is 258 g/mol.